The van der Waals surface area contributed by atoms with Gasteiger partial charge in [-0.05, 0) is 48.6 Å². The van der Waals surface area contributed by atoms with Gasteiger partial charge in [-0.1, -0.05) is 24.3 Å². The normalized spacial score (nSPS) is 14.3. The number of urea groups is 1. The summed E-state index contributed by atoms with van der Waals surface area (Å²) < 4.78 is 15.9. The van der Waals surface area contributed by atoms with Gasteiger partial charge in [0, 0.05) is 7.11 Å². The van der Waals surface area contributed by atoms with E-state index in [1.165, 1.54) is 0 Å². The van der Waals surface area contributed by atoms with E-state index in [1.54, 1.807) is 14.2 Å². The van der Waals surface area contributed by atoms with Gasteiger partial charge in [0.25, 0.3) is 0 Å². The highest BCUT2D eigenvalue weighted by molar-refractivity contribution is 5.91. The summed E-state index contributed by atoms with van der Waals surface area (Å²) in [5.74, 6) is 1.90. The number of rotatable bonds is 9. The molecule has 2 amide bonds. The largest absolute Gasteiger partial charge is 0.497 e. The van der Waals surface area contributed by atoms with Gasteiger partial charge in [-0.15, -0.1) is 0 Å². The van der Waals surface area contributed by atoms with Crippen LogP contribution >= 0.6 is 0 Å². The predicted molar refractivity (Wildman–Crippen MR) is 104 cm³/mol. The monoisotopic (exact) mass is 370 g/mol. The smallest absolute Gasteiger partial charge is 0.319 e. The molecule has 3 rings (SSSR count). The Balaban J connectivity index is 1.65. The van der Waals surface area contributed by atoms with E-state index in [9.17, 15) is 4.79 Å². The van der Waals surface area contributed by atoms with Crippen LogP contribution in [0.1, 0.15) is 24.4 Å². The molecule has 1 atom stereocenters. The Hall–Kier alpha value is -2.73. The van der Waals surface area contributed by atoms with Crippen LogP contribution < -0.4 is 20.1 Å². The summed E-state index contributed by atoms with van der Waals surface area (Å²) >= 11 is 0. The Morgan fingerprint density at radius 1 is 1.07 bits per heavy atom. The summed E-state index contributed by atoms with van der Waals surface area (Å²) in [6.45, 7) is 0.912. The lowest BCUT2D eigenvalue weighted by Crippen LogP contribution is -2.33. The molecule has 1 fully saturated rings. The van der Waals surface area contributed by atoms with Crippen LogP contribution in [0, 0.1) is 5.92 Å². The molecule has 2 aromatic carbocycles. The Labute approximate surface area is 159 Å². The summed E-state index contributed by atoms with van der Waals surface area (Å²) in [6, 6.07) is 15.0. The number of anilines is 1. The van der Waals surface area contributed by atoms with Crippen molar-refractivity contribution in [3.63, 3.8) is 0 Å². The fourth-order valence-corrected chi connectivity index (χ4v) is 2.94. The second kappa shape index (κ2) is 9.28. The first-order chi connectivity index (χ1) is 13.2. The minimum absolute atomic E-state index is 0.0162. The summed E-state index contributed by atoms with van der Waals surface area (Å²) in [6.07, 6.45) is 2.24. The third kappa shape index (κ3) is 5.37. The van der Waals surface area contributed by atoms with E-state index in [1.807, 2.05) is 48.5 Å². The molecule has 2 N–H and O–H groups in total. The van der Waals surface area contributed by atoms with Crippen LogP contribution in [-0.4, -0.2) is 33.5 Å². The van der Waals surface area contributed by atoms with Crippen LogP contribution in [0.3, 0.4) is 0 Å². The lowest BCUT2D eigenvalue weighted by atomic mass is 10.0. The van der Waals surface area contributed by atoms with E-state index >= 15 is 0 Å². The molecule has 6 nitrogen and oxygen atoms in total. The molecule has 1 aliphatic rings. The summed E-state index contributed by atoms with van der Waals surface area (Å²) in [5, 5.41) is 6.01. The van der Waals surface area contributed by atoms with Gasteiger partial charge in [0.2, 0.25) is 0 Å². The molecule has 0 heterocycles. The SMILES string of the molecule is COCCOc1ccccc1NC(=O)NC(c1ccc(OC)cc1)C1CC1. The van der Waals surface area contributed by atoms with Crippen LogP contribution in [0.4, 0.5) is 10.5 Å². The number of benzene rings is 2. The number of carbonyl (C=O) groups excluding carboxylic acids is 1. The molecular weight excluding hydrogens is 344 g/mol. The number of nitrogens with one attached hydrogen (secondary N) is 2. The third-order valence-electron chi connectivity index (χ3n) is 4.54. The molecule has 144 valence electrons. The maximum absolute atomic E-state index is 12.6. The van der Waals surface area contributed by atoms with Crippen molar-refractivity contribution in [3.8, 4) is 11.5 Å². The lowest BCUT2D eigenvalue weighted by Gasteiger charge is -2.20. The van der Waals surface area contributed by atoms with Gasteiger partial charge >= 0.3 is 6.03 Å². The second-order valence-corrected chi connectivity index (χ2v) is 6.52. The van der Waals surface area contributed by atoms with Crippen molar-refractivity contribution in [1.29, 1.82) is 0 Å². The van der Waals surface area contributed by atoms with Crippen LogP contribution in [0.15, 0.2) is 48.5 Å². The van der Waals surface area contributed by atoms with Crippen LogP contribution in [-0.2, 0) is 4.74 Å². The highest BCUT2D eigenvalue weighted by atomic mass is 16.5. The van der Waals surface area contributed by atoms with Gasteiger partial charge in [-0.3, -0.25) is 0 Å². The average Bonchev–Trinajstić information content (AvgIpc) is 3.53. The maximum Gasteiger partial charge on any atom is 0.319 e. The molecule has 0 aliphatic heterocycles. The maximum atomic E-state index is 12.6. The second-order valence-electron chi connectivity index (χ2n) is 6.52. The molecule has 0 saturated heterocycles. The molecular formula is C21H26N2O4. The minimum atomic E-state index is -0.245. The number of para-hydroxylation sites is 2. The van der Waals surface area contributed by atoms with Crippen LogP contribution in [0.25, 0.3) is 0 Å². The van der Waals surface area contributed by atoms with Gasteiger partial charge < -0.3 is 24.8 Å². The molecule has 1 unspecified atom stereocenters. The molecule has 0 spiro atoms. The van der Waals surface area contributed by atoms with Crippen molar-refractivity contribution >= 4 is 11.7 Å². The molecule has 0 bridgehead atoms. The fourth-order valence-electron chi connectivity index (χ4n) is 2.94. The first-order valence-corrected chi connectivity index (χ1v) is 9.13. The molecule has 1 saturated carbocycles. The van der Waals surface area contributed by atoms with Crippen molar-refractivity contribution in [2.45, 2.75) is 18.9 Å². The summed E-state index contributed by atoms with van der Waals surface area (Å²) in [7, 11) is 3.27. The standard InChI is InChI=1S/C21H26N2O4/c1-25-13-14-27-19-6-4-3-5-18(19)22-21(24)23-20(15-7-8-15)16-9-11-17(26-2)12-10-16/h3-6,9-12,15,20H,7-8,13-14H2,1-2H3,(H2,22,23,24). The van der Waals surface area contributed by atoms with Crippen LogP contribution in [0.2, 0.25) is 0 Å². The van der Waals surface area contributed by atoms with Crippen molar-refractivity contribution in [1.82, 2.24) is 5.32 Å². The Morgan fingerprint density at radius 3 is 2.48 bits per heavy atom. The predicted octanol–water partition coefficient (Wildman–Crippen LogP) is 3.99. The number of hydrogen-bond acceptors (Lipinski definition) is 4. The van der Waals surface area contributed by atoms with E-state index in [4.69, 9.17) is 14.2 Å². The Bertz CT molecular complexity index is 744. The van der Waals surface area contributed by atoms with Gasteiger partial charge in [0.15, 0.2) is 0 Å². The number of hydrogen-bond donors (Lipinski definition) is 2. The zero-order chi connectivity index (χ0) is 19.1. The summed E-state index contributed by atoms with van der Waals surface area (Å²) in [5.41, 5.74) is 1.72. The van der Waals surface area contributed by atoms with E-state index < -0.39 is 0 Å². The van der Waals surface area contributed by atoms with Crippen molar-refractivity contribution < 1.29 is 19.0 Å². The quantitative estimate of drug-likeness (QED) is 0.655. The molecule has 27 heavy (non-hydrogen) atoms. The van der Waals surface area contributed by atoms with Crippen molar-refractivity contribution in [2.24, 2.45) is 5.92 Å². The first kappa shape index (κ1) is 19.0. The van der Waals surface area contributed by atoms with E-state index in [0.29, 0.717) is 30.6 Å². The van der Waals surface area contributed by atoms with Gasteiger partial charge in [-0.2, -0.15) is 0 Å². The summed E-state index contributed by atoms with van der Waals surface area (Å²) in [4.78, 5) is 12.6. The van der Waals surface area contributed by atoms with Gasteiger partial charge in [-0.25, -0.2) is 4.79 Å². The minimum Gasteiger partial charge on any atom is -0.497 e. The average molecular weight is 370 g/mol. The van der Waals surface area contributed by atoms with E-state index in [2.05, 4.69) is 10.6 Å². The van der Waals surface area contributed by atoms with E-state index in [0.717, 1.165) is 24.2 Å². The zero-order valence-electron chi connectivity index (χ0n) is 15.7. The van der Waals surface area contributed by atoms with Gasteiger partial charge in [0.1, 0.15) is 18.1 Å². The number of amides is 2. The zero-order valence-corrected chi connectivity index (χ0v) is 15.7. The molecule has 1 aliphatic carbocycles. The molecule has 6 heteroatoms. The molecule has 0 aromatic heterocycles. The third-order valence-corrected chi connectivity index (χ3v) is 4.54. The van der Waals surface area contributed by atoms with Crippen molar-refractivity contribution in [2.75, 3.05) is 32.8 Å². The van der Waals surface area contributed by atoms with Crippen molar-refractivity contribution in [3.05, 3.63) is 54.1 Å². The number of methoxy groups -OCH3 is 2. The Kier molecular flexibility index (Phi) is 6.54. The number of carbonyl (C=O) groups is 1. The number of ether oxygens (including phenoxy) is 3. The molecule has 2 aromatic rings. The lowest BCUT2D eigenvalue weighted by molar-refractivity contribution is 0.146. The molecule has 0 radical (unpaired) electrons. The highest BCUT2D eigenvalue weighted by Gasteiger charge is 2.33. The highest BCUT2D eigenvalue weighted by Crippen LogP contribution is 2.41. The Morgan fingerprint density at radius 2 is 1.81 bits per heavy atom. The van der Waals surface area contributed by atoms with Crippen LogP contribution in [0.5, 0.6) is 11.5 Å². The topological polar surface area (TPSA) is 68.8 Å². The van der Waals surface area contributed by atoms with Gasteiger partial charge in [0.05, 0.1) is 25.4 Å². The first-order valence-electron chi connectivity index (χ1n) is 9.13. The fraction of sp³-hybridized carbons (Fsp3) is 0.381. The van der Waals surface area contributed by atoms with E-state index in [-0.39, 0.29) is 12.1 Å².